The number of aliphatic imine (C=N–C) groups is 1. The van der Waals surface area contributed by atoms with Gasteiger partial charge in [-0.1, -0.05) is 0 Å². The monoisotopic (exact) mass is 363 g/mol. The van der Waals surface area contributed by atoms with Crippen LogP contribution in [0.4, 0.5) is 4.39 Å². The van der Waals surface area contributed by atoms with Gasteiger partial charge in [0.25, 0.3) is 0 Å². The van der Waals surface area contributed by atoms with Crippen LogP contribution in [-0.2, 0) is 11.2 Å². The van der Waals surface area contributed by atoms with Crippen molar-refractivity contribution in [2.45, 2.75) is 13.3 Å². The van der Waals surface area contributed by atoms with Crippen LogP contribution in [-0.4, -0.2) is 69.3 Å². The smallest absolute Gasteiger partial charge is 0.191 e. The first kappa shape index (κ1) is 20.2. The number of rotatable bonds is 10. The Kier molecular flexibility index (Phi) is 8.37. The van der Waals surface area contributed by atoms with Crippen molar-refractivity contribution in [2.75, 3.05) is 53.5 Å². The number of hydrogen-bond acceptors (Lipinski definition) is 3. The Bertz CT molecular complexity index is 700. The predicted molar refractivity (Wildman–Crippen MR) is 105 cm³/mol. The zero-order valence-corrected chi connectivity index (χ0v) is 15.9. The molecule has 144 valence electrons. The highest BCUT2D eigenvalue weighted by molar-refractivity contribution is 5.83. The molecular weight excluding hydrogens is 333 g/mol. The Hall–Kier alpha value is -2.12. The minimum atomic E-state index is -0.209. The van der Waals surface area contributed by atoms with Gasteiger partial charge >= 0.3 is 0 Å². The second kappa shape index (κ2) is 10.8. The van der Waals surface area contributed by atoms with Gasteiger partial charge in [0.15, 0.2) is 5.96 Å². The van der Waals surface area contributed by atoms with E-state index in [9.17, 15) is 4.39 Å². The van der Waals surface area contributed by atoms with Gasteiger partial charge in [0, 0.05) is 50.4 Å². The molecule has 0 aliphatic carbocycles. The van der Waals surface area contributed by atoms with Gasteiger partial charge in [0.05, 0.1) is 13.2 Å². The summed E-state index contributed by atoms with van der Waals surface area (Å²) in [6.07, 6.45) is 2.74. The lowest BCUT2D eigenvalue weighted by atomic mass is 10.1. The fourth-order valence-corrected chi connectivity index (χ4v) is 2.71. The molecule has 0 radical (unpaired) electrons. The number of aromatic amines is 1. The topological polar surface area (TPSA) is 64.7 Å². The molecule has 7 heteroatoms. The third kappa shape index (κ3) is 6.31. The highest BCUT2D eigenvalue weighted by Crippen LogP contribution is 2.19. The molecule has 1 heterocycles. The molecule has 0 atom stereocenters. The molecule has 2 aromatic rings. The van der Waals surface area contributed by atoms with Gasteiger partial charge < -0.3 is 25.3 Å². The summed E-state index contributed by atoms with van der Waals surface area (Å²) in [6, 6.07) is 4.82. The van der Waals surface area contributed by atoms with Crippen LogP contribution >= 0.6 is 0 Å². The lowest BCUT2D eigenvalue weighted by Gasteiger charge is -2.15. The van der Waals surface area contributed by atoms with Crippen LogP contribution in [0.5, 0.6) is 0 Å². The molecule has 0 spiro atoms. The Balaban J connectivity index is 1.83. The lowest BCUT2D eigenvalue weighted by Crippen LogP contribution is -2.39. The SMILES string of the molecule is CCNC(=NCCN(C)CCOC)NCCc1c[nH]c2ccc(F)cc12. The van der Waals surface area contributed by atoms with Crippen LogP contribution in [0.3, 0.4) is 0 Å². The number of hydrogen-bond donors (Lipinski definition) is 3. The summed E-state index contributed by atoms with van der Waals surface area (Å²) in [5, 5.41) is 7.54. The highest BCUT2D eigenvalue weighted by atomic mass is 19.1. The highest BCUT2D eigenvalue weighted by Gasteiger charge is 2.05. The number of methoxy groups -OCH3 is 1. The first-order chi connectivity index (χ1) is 12.6. The van der Waals surface area contributed by atoms with E-state index in [1.807, 2.05) is 13.1 Å². The van der Waals surface area contributed by atoms with E-state index < -0.39 is 0 Å². The number of fused-ring (bicyclic) bond motifs is 1. The van der Waals surface area contributed by atoms with Crippen LogP contribution in [0.15, 0.2) is 29.4 Å². The Morgan fingerprint density at radius 2 is 2.15 bits per heavy atom. The largest absolute Gasteiger partial charge is 0.383 e. The van der Waals surface area contributed by atoms with E-state index >= 15 is 0 Å². The minimum absolute atomic E-state index is 0.209. The van der Waals surface area contributed by atoms with Crippen LogP contribution in [0.25, 0.3) is 10.9 Å². The fraction of sp³-hybridized carbons (Fsp3) is 0.526. The fourth-order valence-electron chi connectivity index (χ4n) is 2.71. The van der Waals surface area contributed by atoms with Crippen LogP contribution in [0.1, 0.15) is 12.5 Å². The summed E-state index contributed by atoms with van der Waals surface area (Å²) < 4.78 is 18.5. The molecular formula is C19H30FN5O. The molecule has 0 amide bonds. The van der Waals surface area contributed by atoms with Gasteiger partial charge in [-0.05, 0) is 44.2 Å². The Morgan fingerprint density at radius 3 is 2.92 bits per heavy atom. The van der Waals surface area contributed by atoms with Crippen molar-refractivity contribution in [2.24, 2.45) is 4.99 Å². The van der Waals surface area contributed by atoms with E-state index in [0.717, 1.165) is 61.6 Å². The molecule has 0 saturated heterocycles. The number of benzene rings is 1. The molecule has 0 saturated carbocycles. The van der Waals surface area contributed by atoms with Crippen molar-refractivity contribution in [1.82, 2.24) is 20.5 Å². The summed E-state index contributed by atoms with van der Waals surface area (Å²) >= 11 is 0. The maximum absolute atomic E-state index is 13.5. The second-order valence-corrected chi connectivity index (χ2v) is 6.24. The average molecular weight is 363 g/mol. The van der Waals surface area contributed by atoms with Crippen LogP contribution in [0, 0.1) is 5.82 Å². The summed E-state index contributed by atoms with van der Waals surface area (Å²) in [5.74, 6) is 0.595. The molecule has 3 N–H and O–H groups in total. The van der Waals surface area contributed by atoms with Gasteiger partial charge in [-0.3, -0.25) is 4.99 Å². The number of H-pyrrole nitrogens is 1. The molecule has 0 bridgehead atoms. The van der Waals surface area contributed by atoms with Gasteiger partial charge in [0.2, 0.25) is 0 Å². The second-order valence-electron chi connectivity index (χ2n) is 6.24. The molecule has 1 aromatic heterocycles. The van der Waals surface area contributed by atoms with E-state index in [0.29, 0.717) is 6.54 Å². The Morgan fingerprint density at radius 1 is 1.31 bits per heavy atom. The first-order valence-corrected chi connectivity index (χ1v) is 9.09. The minimum Gasteiger partial charge on any atom is -0.383 e. The number of ether oxygens (including phenoxy) is 1. The summed E-state index contributed by atoms with van der Waals surface area (Å²) in [6.45, 7) is 6.80. The normalized spacial score (nSPS) is 12.1. The third-order valence-corrected chi connectivity index (χ3v) is 4.19. The molecule has 26 heavy (non-hydrogen) atoms. The van der Waals surface area contributed by atoms with E-state index in [2.05, 4.69) is 32.6 Å². The van der Waals surface area contributed by atoms with Gasteiger partial charge in [-0.25, -0.2) is 4.39 Å². The Labute approximate surface area is 154 Å². The summed E-state index contributed by atoms with van der Waals surface area (Å²) in [7, 11) is 3.77. The van der Waals surface area contributed by atoms with Gasteiger partial charge in [0.1, 0.15) is 5.82 Å². The average Bonchev–Trinajstić information content (AvgIpc) is 3.02. The molecule has 6 nitrogen and oxygen atoms in total. The maximum Gasteiger partial charge on any atom is 0.191 e. The van der Waals surface area contributed by atoms with Crippen molar-refractivity contribution < 1.29 is 9.13 Å². The quantitative estimate of drug-likeness (QED) is 0.446. The molecule has 0 aliphatic rings. The summed E-state index contributed by atoms with van der Waals surface area (Å²) in [5.41, 5.74) is 2.06. The van der Waals surface area contributed by atoms with Crippen molar-refractivity contribution in [3.8, 4) is 0 Å². The first-order valence-electron chi connectivity index (χ1n) is 9.09. The van der Waals surface area contributed by atoms with Crippen LogP contribution in [0.2, 0.25) is 0 Å². The molecule has 1 aromatic carbocycles. The van der Waals surface area contributed by atoms with Gasteiger partial charge in [-0.2, -0.15) is 0 Å². The standard InChI is InChI=1S/C19H30FN5O/c1-4-21-19(23-9-10-25(2)11-12-26-3)22-8-7-15-14-24-18-6-5-16(20)13-17(15)18/h5-6,13-14,24H,4,7-12H2,1-3H3,(H2,21,22,23). The summed E-state index contributed by atoms with van der Waals surface area (Å²) in [4.78, 5) is 9.98. The zero-order valence-electron chi connectivity index (χ0n) is 15.9. The van der Waals surface area contributed by atoms with E-state index in [-0.39, 0.29) is 5.82 Å². The maximum atomic E-state index is 13.5. The molecule has 0 aliphatic heterocycles. The number of likely N-dealkylation sites (N-methyl/N-ethyl adjacent to an activating group) is 1. The molecule has 0 fully saturated rings. The van der Waals surface area contributed by atoms with E-state index in [1.165, 1.54) is 6.07 Å². The number of nitrogens with one attached hydrogen (secondary N) is 3. The lowest BCUT2D eigenvalue weighted by molar-refractivity contribution is 0.163. The number of nitrogens with zero attached hydrogens (tertiary/aromatic N) is 2. The van der Waals surface area contributed by atoms with Gasteiger partial charge in [-0.15, -0.1) is 0 Å². The number of halogens is 1. The number of guanidine groups is 1. The van der Waals surface area contributed by atoms with Crippen molar-refractivity contribution in [3.05, 3.63) is 35.8 Å². The third-order valence-electron chi connectivity index (χ3n) is 4.19. The van der Waals surface area contributed by atoms with Crippen molar-refractivity contribution >= 4 is 16.9 Å². The van der Waals surface area contributed by atoms with Crippen LogP contribution < -0.4 is 10.6 Å². The zero-order chi connectivity index (χ0) is 18.8. The predicted octanol–water partition coefficient (Wildman–Crippen LogP) is 1.98. The number of aromatic nitrogens is 1. The van der Waals surface area contributed by atoms with Crippen molar-refractivity contribution in [3.63, 3.8) is 0 Å². The van der Waals surface area contributed by atoms with Crippen molar-refractivity contribution in [1.29, 1.82) is 0 Å². The van der Waals surface area contributed by atoms with E-state index in [1.54, 1.807) is 19.2 Å². The van der Waals surface area contributed by atoms with E-state index in [4.69, 9.17) is 4.74 Å². The molecule has 0 unspecified atom stereocenters. The molecule has 2 rings (SSSR count).